The second-order valence-electron chi connectivity index (χ2n) is 6.52. The second kappa shape index (κ2) is 8.68. The first-order valence-corrected chi connectivity index (χ1v) is 9.32. The Morgan fingerprint density at radius 1 is 1.21 bits per heavy atom. The molecule has 5 nitrogen and oxygen atoms in total. The van der Waals surface area contributed by atoms with E-state index in [-0.39, 0.29) is 5.57 Å². The number of anilines is 1. The summed E-state index contributed by atoms with van der Waals surface area (Å²) < 4.78 is 7.18. The van der Waals surface area contributed by atoms with Gasteiger partial charge < -0.3 is 14.6 Å². The van der Waals surface area contributed by atoms with Gasteiger partial charge in [0, 0.05) is 28.3 Å². The quantitative estimate of drug-likeness (QED) is 0.462. The SMILES string of the molecule is COc1ccc(-n2cc(/C=C(\C#N)C(=O)Nc3cccc(Cl)c3C)cc2C)cc1. The molecular formula is C23H20ClN3O2. The van der Waals surface area contributed by atoms with Crippen LogP contribution in [0.4, 0.5) is 5.69 Å². The molecule has 0 spiro atoms. The zero-order valence-electron chi connectivity index (χ0n) is 16.4. The van der Waals surface area contributed by atoms with E-state index in [1.807, 2.05) is 61.0 Å². The highest BCUT2D eigenvalue weighted by atomic mass is 35.5. The van der Waals surface area contributed by atoms with Gasteiger partial charge in [0.15, 0.2) is 0 Å². The number of amides is 1. The highest BCUT2D eigenvalue weighted by Gasteiger charge is 2.13. The van der Waals surface area contributed by atoms with Crippen LogP contribution in [0, 0.1) is 25.2 Å². The number of ether oxygens (including phenoxy) is 1. The maximum absolute atomic E-state index is 12.6. The number of carbonyl (C=O) groups excluding carboxylic acids is 1. The third-order valence-corrected chi connectivity index (χ3v) is 4.99. The number of halogens is 1. The molecule has 0 aliphatic carbocycles. The van der Waals surface area contributed by atoms with Crippen LogP contribution in [0.2, 0.25) is 5.02 Å². The van der Waals surface area contributed by atoms with Gasteiger partial charge in [-0.3, -0.25) is 4.79 Å². The number of nitrogens with one attached hydrogen (secondary N) is 1. The van der Waals surface area contributed by atoms with Gasteiger partial charge >= 0.3 is 0 Å². The van der Waals surface area contributed by atoms with Crippen LogP contribution in [0.5, 0.6) is 5.75 Å². The first kappa shape index (κ1) is 20.2. The number of carbonyl (C=O) groups is 1. The highest BCUT2D eigenvalue weighted by molar-refractivity contribution is 6.31. The van der Waals surface area contributed by atoms with E-state index in [1.165, 1.54) is 0 Å². The molecule has 0 saturated heterocycles. The van der Waals surface area contributed by atoms with Crippen molar-refractivity contribution in [1.29, 1.82) is 5.26 Å². The van der Waals surface area contributed by atoms with Gasteiger partial charge in [-0.05, 0) is 73.5 Å². The highest BCUT2D eigenvalue weighted by Crippen LogP contribution is 2.24. The second-order valence-corrected chi connectivity index (χ2v) is 6.93. The topological polar surface area (TPSA) is 67.0 Å². The van der Waals surface area contributed by atoms with Crippen molar-refractivity contribution in [3.63, 3.8) is 0 Å². The molecular weight excluding hydrogens is 386 g/mol. The van der Waals surface area contributed by atoms with Gasteiger partial charge in [0.25, 0.3) is 5.91 Å². The summed E-state index contributed by atoms with van der Waals surface area (Å²) in [6, 6.07) is 16.8. The molecule has 2 aromatic carbocycles. The van der Waals surface area contributed by atoms with Gasteiger partial charge in [-0.1, -0.05) is 17.7 Å². The van der Waals surface area contributed by atoms with Gasteiger partial charge in [0.2, 0.25) is 0 Å². The van der Waals surface area contributed by atoms with Crippen molar-refractivity contribution in [2.24, 2.45) is 0 Å². The van der Waals surface area contributed by atoms with Gasteiger partial charge in [-0.2, -0.15) is 5.26 Å². The number of hydrogen-bond donors (Lipinski definition) is 1. The minimum atomic E-state index is -0.479. The van der Waals surface area contributed by atoms with E-state index < -0.39 is 5.91 Å². The molecule has 1 aromatic heterocycles. The summed E-state index contributed by atoms with van der Waals surface area (Å²) in [4.78, 5) is 12.6. The van der Waals surface area contributed by atoms with Crippen LogP contribution >= 0.6 is 11.6 Å². The summed E-state index contributed by atoms with van der Waals surface area (Å²) in [6.07, 6.45) is 3.45. The molecule has 1 heterocycles. The normalized spacial score (nSPS) is 11.1. The molecule has 1 amide bonds. The lowest BCUT2D eigenvalue weighted by Crippen LogP contribution is -2.14. The van der Waals surface area contributed by atoms with Gasteiger partial charge in [-0.25, -0.2) is 0 Å². The third-order valence-electron chi connectivity index (χ3n) is 4.58. The van der Waals surface area contributed by atoms with E-state index in [9.17, 15) is 10.1 Å². The Labute approximate surface area is 174 Å². The summed E-state index contributed by atoms with van der Waals surface area (Å²) in [5.41, 5.74) is 4.03. The van der Waals surface area contributed by atoms with Crippen molar-refractivity contribution in [1.82, 2.24) is 4.57 Å². The molecule has 0 aliphatic heterocycles. The fraction of sp³-hybridized carbons (Fsp3) is 0.130. The number of aryl methyl sites for hydroxylation is 1. The van der Waals surface area contributed by atoms with Crippen molar-refractivity contribution < 1.29 is 9.53 Å². The maximum atomic E-state index is 12.6. The summed E-state index contributed by atoms with van der Waals surface area (Å²) in [6.45, 7) is 3.77. The Morgan fingerprint density at radius 3 is 2.59 bits per heavy atom. The minimum Gasteiger partial charge on any atom is -0.497 e. The van der Waals surface area contributed by atoms with Gasteiger partial charge in [-0.15, -0.1) is 0 Å². The molecule has 0 radical (unpaired) electrons. The zero-order valence-corrected chi connectivity index (χ0v) is 17.1. The smallest absolute Gasteiger partial charge is 0.266 e. The number of rotatable bonds is 5. The molecule has 0 bridgehead atoms. The van der Waals surface area contributed by atoms with Crippen LogP contribution in [0.25, 0.3) is 11.8 Å². The Balaban J connectivity index is 1.86. The Kier molecular flexibility index (Phi) is 6.06. The van der Waals surface area contributed by atoms with Crippen molar-refractivity contribution in [3.8, 4) is 17.5 Å². The predicted octanol–water partition coefficient (Wildman–Crippen LogP) is 5.30. The summed E-state index contributed by atoms with van der Waals surface area (Å²) in [5, 5.41) is 12.8. The lowest BCUT2D eigenvalue weighted by Gasteiger charge is -2.08. The summed E-state index contributed by atoms with van der Waals surface area (Å²) in [5.74, 6) is 0.297. The number of aromatic nitrogens is 1. The van der Waals surface area contributed by atoms with Crippen LogP contribution in [0.15, 0.2) is 60.3 Å². The molecule has 0 aliphatic rings. The maximum Gasteiger partial charge on any atom is 0.266 e. The van der Waals surface area contributed by atoms with E-state index >= 15 is 0 Å². The number of methoxy groups -OCH3 is 1. The average molecular weight is 406 g/mol. The van der Waals surface area contributed by atoms with Crippen molar-refractivity contribution in [2.75, 3.05) is 12.4 Å². The molecule has 1 N–H and O–H groups in total. The number of nitrogens with zero attached hydrogens (tertiary/aromatic N) is 2. The lowest BCUT2D eigenvalue weighted by molar-refractivity contribution is -0.112. The van der Waals surface area contributed by atoms with E-state index in [0.717, 1.165) is 28.3 Å². The first-order valence-electron chi connectivity index (χ1n) is 8.94. The summed E-state index contributed by atoms with van der Waals surface area (Å²) >= 11 is 6.10. The lowest BCUT2D eigenvalue weighted by atomic mass is 10.1. The van der Waals surface area contributed by atoms with E-state index in [4.69, 9.17) is 16.3 Å². The van der Waals surface area contributed by atoms with Crippen LogP contribution < -0.4 is 10.1 Å². The molecule has 6 heteroatoms. The van der Waals surface area contributed by atoms with Crippen LogP contribution in [-0.4, -0.2) is 17.6 Å². The summed E-state index contributed by atoms with van der Waals surface area (Å²) in [7, 11) is 1.62. The molecule has 0 saturated carbocycles. The van der Waals surface area contributed by atoms with Crippen molar-refractivity contribution in [2.45, 2.75) is 13.8 Å². The molecule has 3 aromatic rings. The first-order chi connectivity index (χ1) is 13.9. The minimum absolute atomic E-state index is 0.0104. The molecule has 146 valence electrons. The van der Waals surface area contributed by atoms with Crippen molar-refractivity contribution >= 4 is 29.3 Å². The molecule has 3 rings (SSSR count). The van der Waals surface area contributed by atoms with Crippen molar-refractivity contribution in [3.05, 3.63) is 82.1 Å². The fourth-order valence-corrected chi connectivity index (χ4v) is 3.12. The number of benzene rings is 2. The molecule has 0 unspecified atom stereocenters. The van der Waals surface area contributed by atoms with Gasteiger partial charge in [0.05, 0.1) is 7.11 Å². The van der Waals surface area contributed by atoms with Gasteiger partial charge in [0.1, 0.15) is 17.4 Å². The van der Waals surface area contributed by atoms with E-state index in [0.29, 0.717) is 10.7 Å². The molecule has 29 heavy (non-hydrogen) atoms. The number of nitriles is 1. The third kappa shape index (κ3) is 4.50. The Bertz CT molecular complexity index is 1120. The largest absolute Gasteiger partial charge is 0.497 e. The van der Waals surface area contributed by atoms with E-state index in [1.54, 1.807) is 31.4 Å². The standard InChI is InChI=1S/C23H20ClN3O2/c1-15-11-17(14-27(15)19-7-9-20(29-3)10-8-19)12-18(13-25)23(28)26-22-6-4-5-21(24)16(22)2/h4-12,14H,1-3H3,(H,26,28)/b18-12+. The monoisotopic (exact) mass is 405 g/mol. The average Bonchev–Trinajstić information content (AvgIpc) is 3.09. The van der Waals surface area contributed by atoms with Crippen LogP contribution in [0.3, 0.4) is 0 Å². The Hall–Kier alpha value is -3.49. The van der Waals surface area contributed by atoms with Crippen LogP contribution in [0.1, 0.15) is 16.8 Å². The molecule has 0 fully saturated rings. The molecule has 0 atom stereocenters. The number of hydrogen-bond acceptors (Lipinski definition) is 3. The Morgan fingerprint density at radius 2 is 1.93 bits per heavy atom. The fourth-order valence-electron chi connectivity index (χ4n) is 2.95. The predicted molar refractivity (Wildman–Crippen MR) is 115 cm³/mol. The van der Waals surface area contributed by atoms with E-state index in [2.05, 4.69) is 5.32 Å². The van der Waals surface area contributed by atoms with Crippen LogP contribution in [-0.2, 0) is 4.79 Å². The zero-order chi connectivity index (χ0) is 21.0.